The van der Waals surface area contributed by atoms with Crippen LogP contribution in [0.25, 0.3) is 0 Å². The first-order chi connectivity index (χ1) is 13.7. The Bertz CT molecular complexity index is 659. The maximum atomic E-state index is 13.6. The summed E-state index contributed by atoms with van der Waals surface area (Å²) >= 11 is 0. The molecule has 1 aliphatic heterocycles. The zero-order chi connectivity index (χ0) is 21.5. The van der Waals surface area contributed by atoms with Crippen molar-refractivity contribution in [1.82, 2.24) is 19.8 Å². The fourth-order valence-electron chi connectivity index (χ4n) is 3.45. The maximum Gasteiger partial charge on any atom is 0.424 e. The van der Waals surface area contributed by atoms with E-state index in [0.717, 1.165) is 39.0 Å². The molecule has 2 rings (SSSR count). The SMILES string of the molecule is CCNC(=NCCC(O)(c1nccn1C)C(F)(F)F)N(C)CCC1CCOCC1. The Labute approximate surface area is 170 Å². The zero-order valence-corrected chi connectivity index (χ0v) is 17.4. The Balaban J connectivity index is 2.02. The third-order valence-corrected chi connectivity index (χ3v) is 5.31. The van der Waals surface area contributed by atoms with Gasteiger partial charge >= 0.3 is 6.18 Å². The summed E-state index contributed by atoms with van der Waals surface area (Å²) in [6.07, 6.45) is 0.198. The average Bonchev–Trinajstić information content (AvgIpc) is 3.11. The number of ether oxygens (including phenoxy) is 1. The smallest absolute Gasteiger partial charge is 0.381 e. The molecule has 29 heavy (non-hydrogen) atoms. The van der Waals surface area contributed by atoms with Crippen molar-refractivity contribution < 1.29 is 23.0 Å². The minimum Gasteiger partial charge on any atom is -0.381 e. The largest absolute Gasteiger partial charge is 0.424 e. The van der Waals surface area contributed by atoms with Crippen LogP contribution in [0.3, 0.4) is 0 Å². The van der Waals surface area contributed by atoms with Gasteiger partial charge in [-0.1, -0.05) is 0 Å². The predicted molar refractivity (Wildman–Crippen MR) is 105 cm³/mol. The van der Waals surface area contributed by atoms with Gasteiger partial charge in [0.15, 0.2) is 5.96 Å². The van der Waals surface area contributed by atoms with Crippen LogP contribution in [0, 0.1) is 5.92 Å². The summed E-state index contributed by atoms with van der Waals surface area (Å²) < 4.78 is 47.4. The minimum absolute atomic E-state index is 0.188. The van der Waals surface area contributed by atoms with Crippen LogP contribution in [0.2, 0.25) is 0 Å². The molecular weight excluding hydrogens is 387 g/mol. The molecule has 2 heterocycles. The number of hydrogen-bond acceptors (Lipinski definition) is 4. The summed E-state index contributed by atoms with van der Waals surface area (Å²) in [5.74, 6) is 0.690. The molecule has 166 valence electrons. The standard InChI is InChI=1S/C19H32F3N5O2/c1-4-23-17(27(3)11-5-15-6-13-29-14-7-15)25-9-8-18(28,19(20,21)22)16-24-10-12-26(16)2/h10,12,15,28H,4-9,11,13-14H2,1-3H3,(H,23,25). The van der Waals surface area contributed by atoms with Gasteiger partial charge in [-0.3, -0.25) is 4.99 Å². The number of aryl methyl sites for hydroxylation is 1. The lowest BCUT2D eigenvalue weighted by atomic mass is 9.96. The van der Waals surface area contributed by atoms with Crippen LogP contribution in [0.4, 0.5) is 13.2 Å². The molecule has 1 aliphatic rings. The summed E-state index contributed by atoms with van der Waals surface area (Å²) in [5, 5.41) is 13.5. The van der Waals surface area contributed by atoms with Crippen LogP contribution in [0.1, 0.15) is 38.4 Å². The maximum absolute atomic E-state index is 13.6. The second kappa shape index (κ2) is 10.3. The molecule has 0 bridgehead atoms. The highest BCUT2D eigenvalue weighted by Crippen LogP contribution is 2.40. The van der Waals surface area contributed by atoms with Gasteiger partial charge in [0.1, 0.15) is 5.82 Å². The molecule has 0 saturated carbocycles. The Hall–Kier alpha value is -1.81. The highest BCUT2D eigenvalue weighted by atomic mass is 19.4. The molecule has 0 spiro atoms. The van der Waals surface area contributed by atoms with Gasteiger partial charge in [-0.2, -0.15) is 13.2 Å². The quantitative estimate of drug-likeness (QED) is 0.500. The van der Waals surface area contributed by atoms with Crippen molar-refractivity contribution in [3.8, 4) is 0 Å². The number of rotatable bonds is 8. The van der Waals surface area contributed by atoms with Gasteiger partial charge in [0, 0.05) is 65.8 Å². The number of aromatic nitrogens is 2. The molecule has 1 unspecified atom stereocenters. The van der Waals surface area contributed by atoms with Gasteiger partial charge in [-0.15, -0.1) is 0 Å². The van der Waals surface area contributed by atoms with E-state index in [1.807, 2.05) is 18.9 Å². The van der Waals surface area contributed by atoms with Crippen LogP contribution >= 0.6 is 0 Å². The van der Waals surface area contributed by atoms with Crippen molar-refractivity contribution in [3.63, 3.8) is 0 Å². The number of aliphatic hydroxyl groups is 1. The molecule has 1 fully saturated rings. The molecule has 7 nitrogen and oxygen atoms in total. The number of guanidine groups is 1. The number of nitrogens with one attached hydrogen (secondary N) is 1. The van der Waals surface area contributed by atoms with E-state index in [1.165, 1.54) is 24.0 Å². The number of imidazole rings is 1. The van der Waals surface area contributed by atoms with Crippen LogP contribution in [-0.4, -0.2) is 71.6 Å². The van der Waals surface area contributed by atoms with Crippen molar-refractivity contribution in [3.05, 3.63) is 18.2 Å². The molecule has 1 aromatic rings. The molecule has 0 amide bonds. The first kappa shape index (κ1) is 23.5. The Morgan fingerprint density at radius 1 is 1.41 bits per heavy atom. The van der Waals surface area contributed by atoms with Crippen molar-refractivity contribution in [2.75, 3.05) is 39.9 Å². The topological polar surface area (TPSA) is 74.9 Å². The summed E-state index contributed by atoms with van der Waals surface area (Å²) in [6.45, 7) is 4.63. The van der Waals surface area contributed by atoms with E-state index in [-0.39, 0.29) is 6.54 Å². The highest BCUT2D eigenvalue weighted by molar-refractivity contribution is 5.79. The van der Waals surface area contributed by atoms with Gasteiger partial charge in [-0.25, -0.2) is 4.98 Å². The van der Waals surface area contributed by atoms with Crippen molar-refractivity contribution in [2.45, 2.75) is 44.4 Å². The second-order valence-electron chi connectivity index (χ2n) is 7.47. The van der Waals surface area contributed by atoms with Gasteiger partial charge in [0.25, 0.3) is 0 Å². The number of hydrogen-bond donors (Lipinski definition) is 2. The summed E-state index contributed by atoms with van der Waals surface area (Å²) in [6, 6.07) is 0. The first-order valence-corrected chi connectivity index (χ1v) is 10.0. The number of nitrogens with zero attached hydrogens (tertiary/aromatic N) is 4. The number of aliphatic imine (C=N–C) groups is 1. The summed E-state index contributed by atoms with van der Waals surface area (Å²) in [5.41, 5.74) is -3.05. The van der Waals surface area contributed by atoms with E-state index >= 15 is 0 Å². The van der Waals surface area contributed by atoms with Crippen molar-refractivity contribution >= 4 is 5.96 Å². The van der Waals surface area contributed by atoms with Gasteiger partial charge in [0.05, 0.1) is 0 Å². The molecule has 0 aromatic carbocycles. The lowest BCUT2D eigenvalue weighted by Gasteiger charge is -2.30. The third kappa shape index (κ3) is 6.08. The molecular formula is C19H32F3N5O2. The lowest BCUT2D eigenvalue weighted by Crippen LogP contribution is -2.45. The van der Waals surface area contributed by atoms with E-state index in [0.29, 0.717) is 18.4 Å². The van der Waals surface area contributed by atoms with Crippen LogP contribution in [0.15, 0.2) is 17.4 Å². The predicted octanol–water partition coefficient (Wildman–Crippen LogP) is 2.27. The van der Waals surface area contributed by atoms with Crippen LogP contribution in [0.5, 0.6) is 0 Å². The average molecular weight is 419 g/mol. The van der Waals surface area contributed by atoms with Gasteiger partial charge in [-0.05, 0) is 32.1 Å². The van der Waals surface area contributed by atoms with Gasteiger partial charge in [0.2, 0.25) is 5.60 Å². The van der Waals surface area contributed by atoms with E-state index < -0.39 is 24.0 Å². The zero-order valence-electron chi connectivity index (χ0n) is 17.4. The molecule has 0 aliphatic carbocycles. The summed E-state index contributed by atoms with van der Waals surface area (Å²) in [4.78, 5) is 9.96. The molecule has 1 aromatic heterocycles. The number of halogens is 3. The van der Waals surface area contributed by atoms with E-state index in [2.05, 4.69) is 15.3 Å². The van der Waals surface area contributed by atoms with Crippen LogP contribution in [-0.2, 0) is 17.4 Å². The summed E-state index contributed by atoms with van der Waals surface area (Å²) in [7, 11) is 3.30. The van der Waals surface area contributed by atoms with Crippen molar-refractivity contribution in [2.24, 2.45) is 18.0 Å². The normalized spacial score (nSPS) is 18.5. The second-order valence-corrected chi connectivity index (χ2v) is 7.47. The Kier molecular flexibility index (Phi) is 8.33. The molecule has 0 radical (unpaired) electrons. The van der Waals surface area contributed by atoms with Crippen molar-refractivity contribution in [1.29, 1.82) is 0 Å². The fraction of sp³-hybridized carbons (Fsp3) is 0.789. The monoisotopic (exact) mass is 419 g/mol. The van der Waals surface area contributed by atoms with E-state index in [9.17, 15) is 18.3 Å². The number of alkyl halides is 3. The fourth-order valence-corrected chi connectivity index (χ4v) is 3.45. The van der Waals surface area contributed by atoms with Gasteiger partial charge < -0.3 is 24.6 Å². The third-order valence-electron chi connectivity index (χ3n) is 5.31. The molecule has 1 saturated heterocycles. The lowest BCUT2D eigenvalue weighted by molar-refractivity contribution is -0.272. The van der Waals surface area contributed by atoms with E-state index in [4.69, 9.17) is 4.74 Å². The van der Waals surface area contributed by atoms with E-state index in [1.54, 1.807) is 0 Å². The highest BCUT2D eigenvalue weighted by Gasteiger charge is 2.57. The molecule has 1 atom stereocenters. The molecule has 2 N–H and O–H groups in total. The first-order valence-electron chi connectivity index (χ1n) is 10.0. The molecule has 10 heteroatoms. The Morgan fingerprint density at radius 3 is 2.66 bits per heavy atom. The minimum atomic E-state index is -4.85. The Morgan fingerprint density at radius 2 is 2.10 bits per heavy atom. The van der Waals surface area contributed by atoms with Crippen LogP contribution < -0.4 is 5.32 Å².